The fourth-order valence-electron chi connectivity index (χ4n) is 1.66. The summed E-state index contributed by atoms with van der Waals surface area (Å²) in [5, 5.41) is 3.40. The molecule has 0 spiro atoms. The molecule has 0 unspecified atom stereocenters. The van der Waals surface area contributed by atoms with Gasteiger partial charge in [0.05, 0.1) is 11.4 Å². The molecule has 0 aliphatic carbocycles. The van der Waals surface area contributed by atoms with E-state index in [9.17, 15) is 0 Å². The molecule has 0 saturated heterocycles. The molecule has 18 heavy (non-hydrogen) atoms. The summed E-state index contributed by atoms with van der Waals surface area (Å²) in [4.78, 5) is 2.37. The van der Waals surface area contributed by atoms with Crippen LogP contribution in [-0.4, -0.2) is 31.1 Å². The molecule has 0 radical (unpaired) electrons. The SMILES string of the molecule is CC(C)N(C)CCCCNc1ccc(I)cc1N. The summed E-state index contributed by atoms with van der Waals surface area (Å²) in [7, 11) is 2.18. The van der Waals surface area contributed by atoms with Gasteiger partial charge in [0.15, 0.2) is 0 Å². The molecule has 0 aromatic heterocycles. The molecule has 1 aromatic rings. The van der Waals surface area contributed by atoms with Crippen molar-refractivity contribution in [3.63, 3.8) is 0 Å². The lowest BCUT2D eigenvalue weighted by molar-refractivity contribution is 0.269. The van der Waals surface area contributed by atoms with Gasteiger partial charge >= 0.3 is 0 Å². The number of halogens is 1. The van der Waals surface area contributed by atoms with E-state index >= 15 is 0 Å². The Bertz CT molecular complexity index is 366. The molecule has 0 heterocycles. The van der Waals surface area contributed by atoms with Gasteiger partial charge < -0.3 is 16.0 Å². The minimum atomic E-state index is 0.629. The summed E-state index contributed by atoms with van der Waals surface area (Å²) in [6, 6.07) is 6.75. The van der Waals surface area contributed by atoms with Gasteiger partial charge in [0.2, 0.25) is 0 Å². The number of anilines is 2. The van der Waals surface area contributed by atoms with Crippen molar-refractivity contribution in [1.82, 2.24) is 4.90 Å². The summed E-state index contributed by atoms with van der Waals surface area (Å²) < 4.78 is 1.18. The first-order valence-corrected chi connectivity index (χ1v) is 7.57. The van der Waals surface area contributed by atoms with Gasteiger partial charge in [0, 0.05) is 16.2 Å². The first-order chi connectivity index (χ1) is 8.50. The van der Waals surface area contributed by atoms with Crippen molar-refractivity contribution >= 4 is 34.0 Å². The van der Waals surface area contributed by atoms with E-state index < -0.39 is 0 Å². The van der Waals surface area contributed by atoms with Crippen molar-refractivity contribution in [1.29, 1.82) is 0 Å². The number of benzene rings is 1. The average Bonchev–Trinajstić information content (AvgIpc) is 2.30. The van der Waals surface area contributed by atoms with Crippen LogP contribution < -0.4 is 11.1 Å². The number of hydrogen-bond donors (Lipinski definition) is 2. The second-order valence-electron chi connectivity index (χ2n) is 4.94. The highest BCUT2D eigenvalue weighted by Crippen LogP contribution is 2.20. The predicted octanol–water partition coefficient (Wildman–Crippen LogP) is 3.41. The van der Waals surface area contributed by atoms with E-state index in [-0.39, 0.29) is 0 Å². The number of nitrogen functional groups attached to an aromatic ring is 1. The van der Waals surface area contributed by atoms with Crippen molar-refractivity contribution in [2.75, 3.05) is 31.2 Å². The quantitative estimate of drug-likeness (QED) is 0.444. The van der Waals surface area contributed by atoms with Crippen molar-refractivity contribution in [3.8, 4) is 0 Å². The lowest BCUT2D eigenvalue weighted by atomic mass is 10.2. The highest BCUT2D eigenvalue weighted by Gasteiger charge is 2.02. The molecule has 0 atom stereocenters. The molecule has 0 aliphatic rings. The number of unbranched alkanes of at least 4 members (excludes halogenated alkanes) is 1. The molecule has 1 rings (SSSR count). The Morgan fingerprint density at radius 1 is 1.33 bits per heavy atom. The first kappa shape index (κ1) is 15.6. The Labute approximate surface area is 124 Å². The molecule has 3 nitrogen and oxygen atoms in total. The average molecular weight is 361 g/mol. The zero-order valence-corrected chi connectivity index (χ0v) is 13.7. The largest absolute Gasteiger partial charge is 0.397 e. The number of rotatable bonds is 7. The van der Waals surface area contributed by atoms with Crippen molar-refractivity contribution < 1.29 is 0 Å². The summed E-state index contributed by atoms with van der Waals surface area (Å²) in [5.74, 6) is 0. The normalized spacial score (nSPS) is 11.2. The van der Waals surface area contributed by atoms with Gasteiger partial charge in [0.1, 0.15) is 0 Å². The standard InChI is InChI=1S/C14H24IN3/c1-11(2)18(3)9-5-4-8-17-14-7-6-12(15)10-13(14)16/h6-7,10-11,17H,4-5,8-9,16H2,1-3H3. The van der Waals surface area contributed by atoms with E-state index in [0.717, 1.165) is 24.5 Å². The minimum absolute atomic E-state index is 0.629. The predicted molar refractivity (Wildman–Crippen MR) is 89.1 cm³/mol. The topological polar surface area (TPSA) is 41.3 Å². The molecule has 4 heteroatoms. The molecule has 3 N–H and O–H groups in total. The van der Waals surface area contributed by atoms with Gasteiger partial charge in [-0.05, 0) is 81.1 Å². The maximum atomic E-state index is 5.95. The third kappa shape index (κ3) is 5.44. The monoisotopic (exact) mass is 361 g/mol. The maximum Gasteiger partial charge on any atom is 0.0574 e. The number of nitrogens with zero attached hydrogens (tertiary/aromatic N) is 1. The van der Waals surface area contributed by atoms with Crippen LogP contribution in [0.1, 0.15) is 26.7 Å². The molecular formula is C14H24IN3. The van der Waals surface area contributed by atoms with Crippen LogP contribution in [0.2, 0.25) is 0 Å². The smallest absolute Gasteiger partial charge is 0.0574 e. The Morgan fingerprint density at radius 2 is 2.06 bits per heavy atom. The molecule has 0 fully saturated rings. The fraction of sp³-hybridized carbons (Fsp3) is 0.571. The third-order valence-corrected chi connectivity index (χ3v) is 3.82. The second-order valence-corrected chi connectivity index (χ2v) is 6.19. The number of nitrogens with two attached hydrogens (primary N) is 1. The Hall–Kier alpha value is -0.490. The molecule has 0 aliphatic heterocycles. The van der Waals surface area contributed by atoms with Gasteiger partial charge in [0.25, 0.3) is 0 Å². The van der Waals surface area contributed by atoms with Gasteiger partial charge in [-0.2, -0.15) is 0 Å². The number of hydrogen-bond acceptors (Lipinski definition) is 3. The molecular weight excluding hydrogens is 337 g/mol. The second kappa shape index (κ2) is 7.84. The van der Waals surface area contributed by atoms with Crippen LogP contribution in [-0.2, 0) is 0 Å². The maximum absolute atomic E-state index is 5.95. The van der Waals surface area contributed by atoms with Crippen molar-refractivity contribution in [2.24, 2.45) is 0 Å². The van der Waals surface area contributed by atoms with E-state index in [1.807, 2.05) is 6.07 Å². The third-order valence-electron chi connectivity index (χ3n) is 3.15. The first-order valence-electron chi connectivity index (χ1n) is 6.50. The number of nitrogens with one attached hydrogen (secondary N) is 1. The highest BCUT2D eigenvalue weighted by atomic mass is 127. The lowest BCUT2D eigenvalue weighted by Gasteiger charge is -2.20. The zero-order valence-electron chi connectivity index (χ0n) is 11.5. The van der Waals surface area contributed by atoms with Crippen LogP contribution in [0.3, 0.4) is 0 Å². The van der Waals surface area contributed by atoms with E-state index in [4.69, 9.17) is 5.73 Å². The van der Waals surface area contributed by atoms with Gasteiger partial charge in [-0.1, -0.05) is 0 Å². The van der Waals surface area contributed by atoms with Gasteiger partial charge in [-0.3, -0.25) is 0 Å². The Balaban J connectivity index is 2.22. The molecule has 0 bridgehead atoms. The summed E-state index contributed by atoms with van der Waals surface area (Å²) >= 11 is 2.27. The van der Waals surface area contributed by atoms with E-state index in [1.165, 1.54) is 16.4 Å². The van der Waals surface area contributed by atoms with Crippen LogP contribution >= 0.6 is 22.6 Å². The molecule has 0 saturated carbocycles. The van der Waals surface area contributed by atoms with Crippen molar-refractivity contribution in [3.05, 3.63) is 21.8 Å². The van der Waals surface area contributed by atoms with E-state index in [0.29, 0.717) is 6.04 Å². The summed E-state index contributed by atoms with van der Waals surface area (Å²) in [6.45, 7) is 6.59. The lowest BCUT2D eigenvalue weighted by Crippen LogP contribution is -2.27. The fourth-order valence-corrected chi connectivity index (χ4v) is 2.18. The summed E-state index contributed by atoms with van der Waals surface area (Å²) in [6.07, 6.45) is 2.38. The molecule has 0 amide bonds. The van der Waals surface area contributed by atoms with Gasteiger partial charge in [-0.15, -0.1) is 0 Å². The van der Waals surface area contributed by atoms with Crippen LogP contribution in [0.25, 0.3) is 0 Å². The van der Waals surface area contributed by atoms with Crippen LogP contribution in [0.4, 0.5) is 11.4 Å². The van der Waals surface area contributed by atoms with Crippen molar-refractivity contribution in [2.45, 2.75) is 32.7 Å². The molecule has 102 valence electrons. The van der Waals surface area contributed by atoms with Crippen LogP contribution in [0.5, 0.6) is 0 Å². The minimum Gasteiger partial charge on any atom is -0.397 e. The Morgan fingerprint density at radius 3 is 2.67 bits per heavy atom. The zero-order chi connectivity index (χ0) is 13.5. The van der Waals surface area contributed by atoms with Crippen LogP contribution in [0.15, 0.2) is 18.2 Å². The summed E-state index contributed by atoms with van der Waals surface area (Å²) in [5.41, 5.74) is 7.83. The van der Waals surface area contributed by atoms with E-state index in [1.54, 1.807) is 0 Å². The van der Waals surface area contributed by atoms with Gasteiger partial charge in [-0.25, -0.2) is 0 Å². The molecule has 1 aromatic carbocycles. The van der Waals surface area contributed by atoms with E-state index in [2.05, 4.69) is 65.8 Å². The Kier molecular flexibility index (Phi) is 6.78. The highest BCUT2D eigenvalue weighted by molar-refractivity contribution is 14.1. The van der Waals surface area contributed by atoms with Crippen LogP contribution in [0, 0.1) is 3.57 Å².